The zero-order valence-electron chi connectivity index (χ0n) is 19.2. The van der Waals surface area contributed by atoms with Crippen molar-refractivity contribution in [2.75, 3.05) is 33.4 Å². The molecule has 3 rings (SSSR count). The van der Waals surface area contributed by atoms with Gasteiger partial charge in [-0.05, 0) is 65.2 Å². The van der Waals surface area contributed by atoms with Gasteiger partial charge in [-0.25, -0.2) is 9.59 Å². The van der Waals surface area contributed by atoms with E-state index < -0.39 is 17.7 Å². The van der Waals surface area contributed by atoms with Crippen molar-refractivity contribution >= 4 is 18.1 Å². The Kier molecular flexibility index (Phi) is 7.67. The van der Waals surface area contributed by atoms with Crippen LogP contribution in [0, 0.1) is 5.92 Å². The average Bonchev–Trinajstić information content (AvgIpc) is 3.39. The van der Waals surface area contributed by atoms with Crippen molar-refractivity contribution in [1.82, 2.24) is 15.1 Å². The summed E-state index contributed by atoms with van der Waals surface area (Å²) < 4.78 is 15.8. The van der Waals surface area contributed by atoms with Gasteiger partial charge in [0.2, 0.25) is 5.91 Å². The molecule has 0 aromatic heterocycles. The molecule has 1 N–H and O–H groups in total. The summed E-state index contributed by atoms with van der Waals surface area (Å²) in [6.45, 7) is 8.01. The molecule has 0 spiro atoms. The Morgan fingerprint density at radius 1 is 0.968 bits per heavy atom. The van der Waals surface area contributed by atoms with Crippen molar-refractivity contribution in [1.29, 1.82) is 0 Å². The third kappa shape index (κ3) is 5.81. The predicted octanol–water partition coefficient (Wildman–Crippen LogP) is 2.53. The van der Waals surface area contributed by atoms with Crippen molar-refractivity contribution in [3.8, 4) is 0 Å². The van der Waals surface area contributed by atoms with E-state index in [0.29, 0.717) is 39.1 Å². The molecule has 3 aliphatic rings. The summed E-state index contributed by atoms with van der Waals surface area (Å²) in [4.78, 5) is 42.1. The van der Waals surface area contributed by atoms with Crippen LogP contribution in [-0.2, 0) is 19.0 Å². The maximum Gasteiger partial charge on any atom is 0.410 e. The number of hydrogen-bond acceptors (Lipinski definition) is 6. The van der Waals surface area contributed by atoms with Gasteiger partial charge < -0.3 is 29.3 Å². The Hall–Kier alpha value is -2.03. The normalized spacial score (nSPS) is 25.9. The number of likely N-dealkylation sites (tertiary alicyclic amines) is 2. The van der Waals surface area contributed by atoms with Gasteiger partial charge >= 0.3 is 12.2 Å². The minimum Gasteiger partial charge on any atom is -0.453 e. The molecule has 0 bridgehead atoms. The number of carbonyl (C=O) groups excluding carboxylic acids is 3. The van der Waals surface area contributed by atoms with Gasteiger partial charge in [0, 0.05) is 26.3 Å². The Morgan fingerprint density at radius 2 is 1.55 bits per heavy atom. The third-order valence-electron chi connectivity index (χ3n) is 6.42. The van der Waals surface area contributed by atoms with Crippen LogP contribution in [0.15, 0.2) is 0 Å². The topological polar surface area (TPSA) is 97.4 Å². The van der Waals surface area contributed by atoms with Crippen LogP contribution in [0.1, 0.15) is 59.3 Å². The second kappa shape index (κ2) is 10.1. The van der Waals surface area contributed by atoms with Gasteiger partial charge in [-0.2, -0.15) is 0 Å². The summed E-state index contributed by atoms with van der Waals surface area (Å²) in [5.74, 6) is -0.0806. The molecule has 9 heteroatoms. The number of nitrogens with zero attached hydrogens (tertiary/aromatic N) is 2. The Labute approximate surface area is 184 Å². The van der Waals surface area contributed by atoms with E-state index in [2.05, 4.69) is 5.32 Å². The molecule has 0 saturated carbocycles. The lowest BCUT2D eigenvalue weighted by atomic mass is 9.90. The molecule has 3 fully saturated rings. The van der Waals surface area contributed by atoms with Crippen molar-refractivity contribution < 1.29 is 28.6 Å². The SMILES string of the molecule is COC(=O)NC(C(=O)N1CCCC1C1CCCN1C(=O)OC(C)(C)C)C1CCOCC1. The Balaban J connectivity index is 1.75. The van der Waals surface area contributed by atoms with E-state index in [-0.39, 0.29) is 30.0 Å². The lowest BCUT2D eigenvalue weighted by Gasteiger charge is -2.38. The first kappa shape index (κ1) is 23.6. The number of amides is 3. The van der Waals surface area contributed by atoms with Crippen molar-refractivity contribution in [3.63, 3.8) is 0 Å². The highest BCUT2D eigenvalue weighted by Gasteiger charge is 2.45. The summed E-state index contributed by atoms with van der Waals surface area (Å²) in [7, 11) is 1.30. The third-order valence-corrected chi connectivity index (χ3v) is 6.42. The maximum atomic E-state index is 13.6. The zero-order chi connectivity index (χ0) is 22.6. The van der Waals surface area contributed by atoms with Crippen LogP contribution in [0.25, 0.3) is 0 Å². The van der Waals surface area contributed by atoms with Crippen LogP contribution >= 0.6 is 0 Å². The van der Waals surface area contributed by atoms with Gasteiger partial charge in [-0.3, -0.25) is 4.79 Å². The quantitative estimate of drug-likeness (QED) is 0.723. The van der Waals surface area contributed by atoms with Gasteiger partial charge in [-0.1, -0.05) is 0 Å². The molecular formula is C22H37N3O6. The van der Waals surface area contributed by atoms with E-state index in [1.54, 1.807) is 4.90 Å². The van der Waals surface area contributed by atoms with Gasteiger partial charge in [0.1, 0.15) is 11.6 Å². The molecule has 3 amide bonds. The van der Waals surface area contributed by atoms with Crippen LogP contribution < -0.4 is 5.32 Å². The van der Waals surface area contributed by atoms with Crippen LogP contribution in [0.4, 0.5) is 9.59 Å². The standard InChI is InChI=1S/C22H37N3O6/c1-22(2,3)31-21(28)25-12-6-8-17(25)16-7-5-11-24(16)19(26)18(23-20(27)29-4)15-9-13-30-14-10-15/h15-18H,5-14H2,1-4H3,(H,23,27). The monoisotopic (exact) mass is 439 g/mol. The fourth-order valence-electron chi connectivity index (χ4n) is 5.00. The highest BCUT2D eigenvalue weighted by atomic mass is 16.6. The van der Waals surface area contributed by atoms with E-state index in [1.807, 2.05) is 25.7 Å². The van der Waals surface area contributed by atoms with E-state index in [4.69, 9.17) is 14.2 Å². The minimum atomic E-state index is -0.645. The molecule has 0 aromatic carbocycles. The van der Waals surface area contributed by atoms with Crippen LogP contribution in [0.2, 0.25) is 0 Å². The van der Waals surface area contributed by atoms with Gasteiger partial charge in [-0.15, -0.1) is 0 Å². The number of carbonyl (C=O) groups is 3. The molecule has 3 unspecified atom stereocenters. The molecule has 0 aromatic rings. The second-order valence-electron chi connectivity index (χ2n) is 9.69. The first-order valence-electron chi connectivity index (χ1n) is 11.4. The number of methoxy groups -OCH3 is 1. The van der Waals surface area contributed by atoms with E-state index in [0.717, 1.165) is 25.7 Å². The first-order valence-corrected chi connectivity index (χ1v) is 11.4. The smallest absolute Gasteiger partial charge is 0.410 e. The van der Waals surface area contributed by atoms with E-state index >= 15 is 0 Å². The summed E-state index contributed by atoms with van der Waals surface area (Å²) in [6.07, 6.45) is 3.98. The summed E-state index contributed by atoms with van der Waals surface area (Å²) in [5.41, 5.74) is -0.562. The summed E-state index contributed by atoms with van der Waals surface area (Å²) >= 11 is 0. The Morgan fingerprint density at radius 3 is 2.13 bits per heavy atom. The summed E-state index contributed by atoms with van der Waals surface area (Å²) in [5, 5.41) is 2.78. The minimum absolute atomic E-state index is 0.00661. The average molecular weight is 440 g/mol. The molecule has 3 heterocycles. The molecule has 176 valence electrons. The highest BCUT2D eigenvalue weighted by Crippen LogP contribution is 2.33. The fraction of sp³-hybridized carbons (Fsp3) is 0.864. The van der Waals surface area contributed by atoms with E-state index in [1.165, 1.54) is 7.11 Å². The molecule has 3 atom stereocenters. The fourth-order valence-corrected chi connectivity index (χ4v) is 5.00. The van der Waals surface area contributed by atoms with Crippen molar-refractivity contribution in [2.24, 2.45) is 5.92 Å². The number of rotatable bonds is 4. The van der Waals surface area contributed by atoms with Gasteiger partial charge in [0.25, 0.3) is 0 Å². The molecule has 0 radical (unpaired) electrons. The van der Waals surface area contributed by atoms with Crippen molar-refractivity contribution in [2.45, 2.75) is 83.0 Å². The zero-order valence-corrected chi connectivity index (χ0v) is 19.2. The number of alkyl carbamates (subject to hydrolysis) is 1. The highest BCUT2D eigenvalue weighted by molar-refractivity contribution is 5.86. The molecular weight excluding hydrogens is 402 g/mol. The number of ether oxygens (including phenoxy) is 3. The molecule has 3 saturated heterocycles. The first-order chi connectivity index (χ1) is 14.7. The van der Waals surface area contributed by atoms with Gasteiger partial charge in [0.05, 0.1) is 19.2 Å². The summed E-state index contributed by atoms with van der Waals surface area (Å²) in [6, 6.07) is -0.771. The van der Waals surface area contributed by atoms with Crippen LogP contribution in [-0.4, -0.2) is 85.0 Å². The largest absolute Gasteiger partial charge is 0.453 e. The Bertz CT molecular complexity index is 658. The molecule has 3 aliphatic heterocycles. The van der Waals surface area contributed by atoms with Crippen LogP contribution in [0.3, 0.4) is 0 Å². The number of nitrogens with one attached hydrogen (secondary N) is 1. The maximum absolute atomic E-state index is 13.6. The van der Waals surface area contributed by atoms with Gasteiger partial charge in [0.15, 0.2) is 0 Å². The number of hydrogen-bond donors (Lipinski definition) is 1. The predicted molar refractivity (Wildman–Crippen MR) is 114 cm³/mol. The van der Waals surface area contributed by atoms with Crippen molar-refractivity contribution in [3.05, 3.63) is 0 Å². The lowest BCUT2D eigenvalue weighted by molar-refractivity contribution is -0.137. The van der Waals surface area contributed by atoms with Crippen LogP contribution in [0.5, 0.6) is 0 Å². The lowest BCUT2D eigenvalue weighted by Crippen LogP contribution is -2.57. The molecule has 0 aliphatic carbocycles. The van der Waals surface area contributed by atoms with E-state index in [9.17, 15) is 14.4 Å². The second-order valence-corrected chi connectivity index (χ2v) is 9.69. The molecule has 31 heavy (non-hydrogen) atoms. The molecule has 9 nitrogen and oxygen atoms in total.